The zero-order valence-corrected chi connectivity index (χ0v) is 22.8. The van der Waals surface area contributed by atoms with Crippen LogP contribution in [-0.2, 0) is 19.2 Å². The lowest BCUT2D eigenvalue weighted by atomic mass is 10.0. The molecule has 38 heavy (non-hydrogen) atoms. The van der Waals surface area contributed by atoms with E-state index in [9.17, 15) is 24.3 Å². The summed E-state index contributed by atoms with van der Waals surface area (Å²) in [6.07, 6.45) is 3.93. The van der Waals surface area contributed by atoms with E-state index < -0.39 is 47.9 Å². The molecule has 0 saturated heterocycles. The number of aliphatic imine (C=N–C) groups is 1. The smallest absolute Gasteiger partial charge is 0.326 e. The highest BCUT2D eigenvalue weighted by Gasteiger charge is 2.30. The second-order valence-electron chi connectivity index (χ2n) is 9.78. The lowest BCUT2D eigenvalue weighted by Gasteiger charge is -2.25. The van der Waals surface area contributed by atoms with Crippen LogP contribution in [-0.4, -0.2) is 78.6 Å². The third kappa shape index (κ3) is 16.0. The zero-order valence-electron chi connectivity index (χ0n) is 22.8. The highest BCUT2D eigenvalue weighted by atomic mass is 16.4. The number of carbonyl (C=O) groups is 4. The van der Waals surface area contributed by atoms with E-state index in [4.69, 9.17) is 28.7 Å². The highest BCUT2D eigenvalue weighted by Crippen LogP contribution is 2.09. The van der Waals surface area contributed by atoms with E-state index in [0.29, 0.717) is 58.2 Å². The molecule has 0 saturated carbocycles. The molecule has 14 nitrogen and oxygen atoms in total. The number of unbranched alkanes of at least 4 members (excludes halogenated alkanes) is 2. The third-order valence-corrected chi connectivity index (χ3v) is 5.79. The minimum absolute atomic E-state index is 0.0347. The standard InChI is InChI=1S/C24H49N9O5/c1-15(2)14-19(23(37)38)33-22(36)18(10-4-6-12-26)32-21(35)17(9-3-5-11-25)31-20(34)16(27)8-7-13-30-24(28)29/h15-19H,3-14,25-27H2,1-2H3,(H,31,34)(H,32,35)(H,33,36)(H,37,38)(H4,28,29,30). The van der Waals surface area contributed by atoms with Crippen LogP contribution in [0.4, 0.5) is 0 Å². The van der Waals surface area contributed by atoms with Gasteiger partial charge in [0.2, 0.25) is 17.7 Å². The van der Waals surface area contributed by atoms with E-state index in [1.807, 2.05) is 13.8 Å². The molecule has 0 spiro atoms. The van der Waals surface area contributed by atoms with Crippen molar-refractivity contribution in [2.24, 2.45) is 39.6 Å². The summed E-state index contributed by atoms with van der Waals surface area (Å²) < 4.78 is 0. The summed E-state index contributed by atoms with van der Waals surface area (Å²) in [5.41, 5.74) is 27.7. The van der Waals surface area contributed by atoms with Crippen molar-refractivity contribution >= 4 is 29.7 Å². The van der Waals surface area contributed by atoms with E-state index in [2.05, 4.69) is 20.9 Å². The minimum Gasteiger partial charge on any atom is -0.480 e. The molecule has 0 rings (SSSR count). The number of nitrogens with one attached hydrogen (secondary N) is 3. The van der Waals surface area contributed by atoms with Crippen molar-refractivity contribution in [3.05, 3.63) is 0 Å². The quantitative estimate of drug-likeness (QED) is 0.0445. The summed E-state index contributed by atoms with van der Waals surface area (Å²) in [6.45, 7) is 4.85. The van der Waals surface area contributed by atoms with Gasteiger partial charge in [0, 0.05) is 6.54 Å². The van der Waals surface area contributed by atoms with E-state index in [1.165, 1.54) is 0 Å². The molecule has 4 atom stereocenters. The fourth-order valence-corrected chi connectivity index (χ4v) is 3.69. The Morgan fingerprint density at radius 2 is 1.21 bits per heavy atom. The highest BCUT2D eigenvalue weighted by molar-refractivity contribution is 5.94. The van der Waals surface area contributed by atoms with E-state index >= 15 is 0 Å². The van der Waals surface area contributed by atoms with Crippen LogP contribution in [0.3, 0.4) is 0 Å². The summed E-state index contributed by atoms with van der Waals surface area (Å²) in [5.74, 6) is -2.86. The molecule has 220 valence electrons. The molecule has 0 bridgehead atoms. The average Bonchev–Trinajstić information content (AvgIpc) is 2.84. The summed E-state index contributed by atoms with van der Waals surface area (Å²) in [7, 11) is 0. The predicted octanol–water partition coefficient (Wildman–Crippen LogP) is -1.79. The first-order valence-corrected chi connectivity index (χ1v) is 13.3. The Bertz CT molecular complexity index is 760. The van der Waals surface area contributed by atoms with Gasteiger partial charge in [-0.25, -0.2) is 4.79 Å². The molecule has 0 aliphatic rings. The van der Waals surface area contributed by atoms with Crippen molar-refractivity contribution in [3.8, 4) is 0 Å². The maximum absolute atomic E-state index is 13.2. The average molecular weight is 544 g/mol. The molecule has 14 N–H and O–H groups in total. The van der Waals surface area contributed by atoms with Crippen molar-refractivity contribution in [2.75, 3.05) is 19.6 Å². The van der Waals surface area contributed by atoms with Crippen LogP contribution in [0.25, 0.3) is 0 Å². The van der Waals surface area contributed by atoms with Crippen LogP contribution >= 0.6 is 0 Å². The number of carboxylic acids is 1. The number of carbonyl (C=O) groups excluding carboxylic acids is 3. The van der Waals surface area contributed by atoms with Crippen LogP contribution < -0.4 is 44.6 Å². The van der Waals surface area contributed by atoms with Gasteiger partial charge >= 0.3 is 5.97 Å². The number of nitrogens with zero attached hydrogens (tertiary/aromatic N) is 1. The van der Waals surface area contributed by atoms with Crippen LogP contribution in [0.2, 0.25) is 0 Å². The molecule has 0 radical (unpaired) electrons. The van der Waals surface area contributed by atoms with Gasteiger partial charge in [0.15, 0.2) is 5.96 Å². The van der Waals surface area contributed by atoms with E-state index in [1.54, 1.807) is 0 Å². The van der Waals surface area contributed by atoms with Crippen molar-refractivity contribution in [3.63, 3.8) is 0 Å². The van der Waals surface area contributed by atoms with Gasteiger partial charge in [-0.15, -0.1) is 0 Å². The van der Waals surface area contributed by atoms with Gasteiger partial charge in [-0.1, -0.05) is 13.8 Å². The summed E-state index contributed by atoms with van der Waals surface area (Å²) in [4.78, 5) is 54.4. The van der Waals surface area contributed by atoms with Crippen LogP contribution in [0, 0.1) is 5.92 Å². The van der Waals surface area contributed by atoms with Crippen molar-refractivity contribution in [2.45, 2.75) is 95.8 Å². The van der Waals surface area contributed by atoms with Gasteiger partial charge in [-0.05, 0) is 76.8 Å². The topological polar surface area (TPSA) is 267 Å². The predicted molar refractivity (Wildman–Crippen MR) is 147 cm³/mol. The lowest BCUT2D eigenvalue weighted by Crippen LogP contribution is -2.57. The van der Waals surface area contributed by atoms with Crippen LogP contribution in [0.15, 0.2) is 4.99 Å². The number of amides is 3. The second-order valence-corrected chi connectivity index (χ2v) is 9.78. The Balaban J connectivity index is 5.46. The first kappa shape index (κ1) is 35.0. The molecule has 3 amide bonds. The van der Waals surface area contributed by atoms with Crippen LogP contribution in [0.5, 0.6) is 0 Å². The van der Waals surface area contributed by atoms with Crippen LogP contribution in [0.1, 0.15) is 71.6 Å². The first-order valence-electron chi connectivity index (χ1n) is 13.3. The number of guanidine groups is 1. The molecule has 0 aromatic carbocycles. The molecular weight excluding hydrogens is 494 g/mol. The van der Waals surface area contributed by atoms with E-state index in [0.717, 1.165) is 0 Å². The number of rotatable bonds is 21. The SMILES string of the molecule is CC(C)CC(NC(=O)C(CCCCN)NC(=O)C(CCCCN)NC(=O)C(N)CCCN=C(N)N)C(=O)O. The van der Waals surface area contributed by atoms with Gasteiger partial charge < -0.3 is 49.7 Å². The Hall–Kier alpha value is -2.97. The third-order valence-electron chi connectivity index (χ3n) is 5.79. The fraction of sp³-hybridized carbons (Fsp3) is 0.792. The normalized spacial score (nSPS) is 14.2. The van der Waals surface area contributed by atoms with E-state index in [-0.39, 0.29) is 31.1 Å². The largest absolute Gasteiger partial charge is 0.480 e. The summed E-state index contributed by atoms with van der Waals surface area (Å²) in [6, 6.07) is -3.92. The first-order chi connectivity index (χ1) is 17.9. The van der Waals surface area contributed by atoms with Crippen molar-refractivity contribution in [1.82, 2.24) is 16.0 Å². The van der Waals surface area contributed by atoms with Gasteiger partial charge in [0.05, 0.1) is 6.04 Å². The molecule has 4 unspecified atom stereocenters. The summed E-state index contributed by atoms with van der Waals surface area (Å²) >= 11 is 0. The molecule has 0 heterocycles. The monoisotopic (exact) mass is 543 g/mol. The Labute approximate surface area is 225 Å². The molecule has 0 aliphatic carbocycles. The molecule has 0 aromatic rings. The fourth-order valence-electron chi connectivity index (χ4n) is 3.69. The Morgan fingerprint density at radius 1 is 0.737 bits per heavy atom. The number of aliphatic carboxylic acids is 1. The number of hydrogen-bond donors (Lipinski definition) is 9. The van der Waals surface area contributed by atoms with Gasteiger partial charge in [-0.3, -0.25) is 19.4 Å². The molecule has 0 aromatic heterocycles. The maximum Gasteiger partial charge on any atom is 0.326 e. The second kappa shape index (κ2) is 20.1. The zero-order chi connectivity index (χ0) is 29.1. The Morgan fingerprint density at radius 3 is 1.63 bits per heavy atom. The van der Waals surface area contributed by atoms with Crippen molar-refractivity contribution < 1.29 is 24.3 Å². The Kier molecular flexibility index (Phi) is 18.5. The van der Waals surface area contributed by atoms with Gasteiger partial charge in [0.1, 0.15) is 18.1 Å². The maximum atomic E-state index is 13.2. The number of hydrogen-bond acceptors (Lipinski definition) is 8. The molecule has 0 fully saturated rings. The number of carboxylic acid groups (broad SMARTS) is 1. The molecule has 14 heteroatoms. The summed E-state index contributed by atoms with van der Waals surface area (Å²) in [5, 5.41) is 17.4. The van der Waals surface area contributed by atoms with Gasteiger partial charge in [0.25, 0.3) is 0 Å². The molecule has 0 aliphatic heterocycles. The minimum atomic E-state index is -1.15. The number of nitrogens with two attached hydrogens (primary N) is 5. The lowest BCUT2D eigenvalue weighted by molar-refractivity contribution is -0.142. The molecular formula is C24H49N9O5. The van der Waals surface area contributed by atoms with Gasteiger partial charge in [-0.2, -0.15) is 0 Å². The van der Waals surface area contributed by atoms with Crippen molar-refractivity contribution in [1.29, 1.82) is 0 Å².